The Bertz CT molecular complexity index is 655. The predicted octanol–water partition coefficient (Wildman–Crippen LogP) is 1.90. The first-order valence-corrected chi connectivity index (χ1v) is 7.85. The van der Waals surface area contributed by atoms with E-state index in [0.717, 1.165) is 36.3 Å². The van der Waals surface area contributed by atoms with Gasteiger partial charge in [-0.1, -0.05) is 0 Å². The van der Waals surface area contributed by atoms with E-state index in [-0.39, 0.29) is 5.91 Å². The predicted molar refractivity (Wildman–Crippen MR) is 89.2 cm³/mol. The van der Waals surface area contributed by atoms with Gasteiger partial charge in [-0.2, -0.15) is 0 Å². The van der Waals surface area contributed by atoms with Crippen LogP contribution in [0.2, 0.25) is 0 Å². The minimum Gasteiger partial charge on any atom is -0.368 e. The molecule has 0 saturated carbocycles. The van der Waals surface area contributed by atoms with Gasteiger partial charge >= 0.3 is 0 Å². The van der Waals surface area contributed by atoms with Crippen molar-refractivity contribution in [2.24, 2.45) is 0 Å². The minimum atomic E-state index is -0.226. The molecule has 2 aromatic heterocycles. The third kappa shape index (κ3) is 3.61. The van der Waals surface area contributed by atoms with Gasteiger partial charge in [-0.15, -0.1) is 0 Å². The van der Waals surface area contributed by atoms with Crippen LogP contribution in [0.1, 0.15) is 10.4 Å². The molecule has 1 saturated heterocycles. The van der Waals surface area contributed by atoms with Crippen LogP contribution in [0.15, 0.2) is 41.3 Å². The van der Waals surface area contributed by atoms with Gasteiger partial charge in [0.25, 0.3) is 5.91 Å². The number of hydrogen-bond acceptors (Lipinski definition) is 5. The van der Waals surface area contributed by atoms with Crippen molar-refractivity contribution in [1.82, 2.24) is 15.3 Å². The van der Waals surface area contributed by atoms with Gasteiger partial charge in [-0.25, -0.2) is 4.98 Å². The summed E-state index contributed by atoms with van der Waals surface area (Å²) in [4.78, 5) is 22.7. The van der Waals surface area contributed by atoms with E-state index in [4.69, 9.17) is 0 Å². The van der Waals surface area contributed by atoms with Crippen molar-refractivity contribution in [3.8, 4) is 0 Å². The summed E-state index contributed by atoms with van der Waals surface area (Å²) < 4.78 is 0.766. The molecule has 0 aromatic carbocycles. The van der Waals surface area contributed by atoms with Crippen LogP contribution in [-0.4, -0.2) is 42.1 Å². The summed E-state index contributed by atoms with van der Waals surface area (Å²) in [6.07, 6.45) is 4.95. The van der Waals surface area contributed by atoms with Crippen molar-refractivity contribution < 1.29 is 4.79 Å². The second-order valence-corrected chi connectivity index (χ2v) is 5.90. The van der Waals surface area contributed by atoms with Crippen LogP contribution in [0.5, 0.6) is 0 Å². The number of halogens is 1. The molecule has 1 fully saturated rings. The molecule has 0 bridgehead atoms. The van der Waals surface area contributed by atoms with E-state index in [0.29, 0.717) is 11.4 Å². The van der Waals surface area contributed by atoms with Gasteiger partial charge in [0.15, 0.2) is 0 Å². The first-order valence-electron chi connectivity index (χ1n) is 7.06. The number of anilines is 2. The fourth-order valence-corrected chi connectivity index (χ4v) is 2.66. The van der Waals surface area contributed by atoms with Gasteiger partial charge < -0.3 is 15.5 Å². The number of amides is 1. The molecule has 0 unspecified atom stereocenters. The van der Waals surface area contributed by atoms with Crippen molar-refractivity contribution in [1.29, 1.82) is 0 Å². The summed E-state index contributed by atoms with van der Waals surface area (Å²) in [6.45, 7) is 3.90. The lowest BCUT2D eigenvalue weighted by atomic mass is 10.2. The Kier molecular flexibility index (Phi) is 4.65. The van der Waals surface area contributed by atoms with E-state index < -0.39 is 0 Å². The van der Waals surface area contributed by atoms with Gasteiger partial charge in [0, 0.05) is 43.0 Å². The van der Waals surface area contributed by atoms with Gasteiger partial charge in [-0.05, 0) is 34.1 Å². The molecule has 0 spiro atoms. The summed E-state index contributed by atoms with van der Waals surface area (Å²) in [5.74, 6) is 0.306. The smallest absolute Gasteiger partial charge is 0.258 e. The van der Waals surface area contributed by atoms with E-state index in [1.165, 1.54) is 6.20 Å². The largest absolute Gasteiger partial charge is 0.368 e. The van der Waals surface area contributed by atoms with Crippen molar-refractivity contribution in [3.05, 3.63) is 46.8 Å². The Balaban J connectivity index is 1.66. The maximum atomic E-state index is 12.1. The molecule has 3 rings (SSSR count). The zero-order valence-electron chi connectivity index (χ0n) is 11.9. The molecule has 2 N–H and O–H groups in total. The lowest BCUT2D eigenvalue weighted by Crippen LogP contribution is -2.43. The highest BCUT2D eigenvalue weighted by atomic mass is 79.9. The molecule has 22 heavy (non-hydrogen) atoms. The molecule has 7 heteroatoms. The topological polar surface area (TPSA) is 70.2 Å². The summed E-state index contributed by atoms with van der Waals surface area (Å²) in [6, 6.07) is 5.52. The molecular formula is C15H16BrN5O. The van der Waals surface area contributed by atoms with E-state index in [1.54, 1.807) is 18.5 Å². The highest BCUT2D eigenvalue weighted by Crippen LogP contribution is 2.16. The van der Waals surface area contributed by atoms with Crippen LogP contribution in [0.25, 0.3) is 0 Å². The average molecular weight is 362 g/mol. The zero-order chi connectivity index (χ0) is 15.4. The minimum absolute atomic E-state index is 0.226. The number of carbonyl (C=O) groups excluding carboxylic acids is 1. The number of hydrogen-bond donors (Lipinski definition) is 2. The maximum absolute atomic E-state index is 12.1. The fourth-order valence-electron chi connectivity index (χ4n) is 2.29. The summed E-state index contributed by atoms with van der Waals surface area (Å²) in [7, 11) is 0. The number of rotatable bonds is 3. The fraction of sp³-hybridized carbons (Fsp3) is 0.267. The lowest BCUT2D eigenvalue weighted by Gasteiger charge is -2.29. The molecule has 0 atom stereocenters. The van der Waals surface area contributed by atoms with Gasteiger partial charge in [0.2, 0.25) is 0 Å². The Morgan fingerprint density at radius 3 is 2.73 bits per heavy atom. The van der Waals surface area contributed by atoms with Crippen molar-refractivity contribution in [2.45, 2.75) is 0 Å². The van der Waals surface area contributed by atoms with Crippen molar-refractivity contribution >= 4 is 33.3 Å². The number of pyridine rings is 2. The first-order chi connectivity index (χ1) is 10.7. The second-order valence-electron chi connectivity index (χ2n) is 4.98. The van der Waals surface area contributed by atoms with E-state index in [2.05, 4.69) is 41.4 Å². The standard InChI is InChI=1S/C15H16BrN5O/c16-12-7-11(8-18-9-12)15(22)20-14-2-1-13(10-19-14)21-5-3-17-4-6-21/h1-2,7-10,17H,3-6H2,(H,19,20,22). The van der Waals surface area contributed by atoms with Gasteiger partial charge in [0.05, 0.1) is 17.4 Å². The van der Waals surface area contributed by atoms with Crippen LogP contribution >= 0.6 is 15.9 Å². The molecule has 1 aliphatic rings. The van der Waals surface area contributed by atoms with Crippen LogP contribution in [0.4, 0.5) is 11.5 Å². The summed E-state index contributed by atoms with van der Waals surface area (Å²) >= 11 is 3.30. The monoisotopic (exact) mass is 361 g/mol. The van der Waals surface area contributed by atoms with Gasteiger partial charge in [0.1, 0.15) is 5.82 Å². The van der Waals surface area contributed by atoms with Crippen LogP contribution < -0.4 is 15.5 Å². The molecule has 2 aromatic rings. The molecule has 6 nitrogen and oxygen atoms in total. The molecule has 0 radical (unpaired) electrons. The Morgan fingerprint density at radius 1 is 1.23 bits per heavy atom. The highest BCUT2D eigenvalue weighted by Gasteiger charge is 2.12. The lowest BCUT2D eigenvalue weighted by molar-refractivity contribution is 0.102. The third-order valence-corrected chi connectivity index (χ3v) is 3.87. The Morgan fingerprint density at radius 2 is 2.05 bits per heavy atom. The van der Waals surface area contributed by atoms with Crippen molar-refractivity contribution in [2.75, 3.05) is 36.4 Å². The molecule has 1 amide bonds. The first kappa shape index (κ1) is 14.9. The normalized spacial score (nSPS) is 14.7. The van der Waals surface area contributed by atoms with Gasteiger partial charge in [-0.3, -0.25) is 9.78 Å². The van der Waals surface area contributed by atoms with Crippen LogP contribution in [-0.2, 0) is 0 Å². The van der Waals surface area contributed by atoms with E-state index in [9.17, 15) is 4.79 Å². The average Bonchev–Trinajstić information content (AvgIpc) is 2.56. The summed E-state index contributed by atoms with van der Waals surface area (Å²) in [5, 5.41) is 6.09. The highest BCUT2D eigenvalue weighted by molar-refractivity contribution is 9.10. The van der Waals surface area contributed by atoms with E-state index >= 15 is 0 Å². The number of nitrogens with zero attached hydrogens (tertiary/aromatic N) is 3. The second kappa shape index (κ2) is 6.85. The van der Waals surface area contributed by atoms with E-state index in [1.807, 2.05) is 12.1 Å². The number of carbonyl (C=O) groups is 1. The Labute approximate surface area is 137 Å². The van der Waals surface area contributed by atoms with Crippen LogP contribution in [0, 0.1) is 0 Å². The number of nitrogens with one attached hydrogen (secondary N) is 2. The van der Waals surface area contributed by atoms with Crippen LogP contribution in [0.3, 0.4) is 0 Å². The van der Waals surface area contributed by atoms with Crippen molar-refractivity contribution in [3.63, 3.8) is 0 Å². The number of piperazine rings is 1. The molecule has 114 valence electrons. The molecule has 3 heterocycles. The molecule has 0 aliphatic carbocycles. The zero-order valence-corrected chi connectivity index (χ0v) is 13.5. The Hall–Kier alpha value is -1.99. The quantitative estimate of drug-likeness (QED) is 0.873. The number of aromatic nitrogens is 2. The molecule has 1 aliphatic heterocycles. The SMILES string of the molecule is O=C(Nc1ccc(N2CCNCC2)cn1)c1cncc(Br)c1. The molecular weight excluding hydrogens is 346 g/mol. The third-order valence-electron chi connectivity index (χ3n) is 3.44. The summed E-state index contributed by atoms with van der Waals surface area (Å²) in [5.41, 5.74) is 1.56. The maximum Gasteiger partial charge on any atom is 0.258 e.